The minimum Gasteiger partial charge on any atom is -0.395 e. The number of hydrogen-bond acceptors (Lipinski definition) is 3. The molecule has 1 heterocycles. The monoisotopic (exact) mass is 232 g/mol. The number of aliphatic hydroxyl groups excluding tert-OH is 1. The van der Waals surface area contributed by atoms with Gasteiger partial charge in [0.15, 0.2) is 0 Å². The van der Waals surface area contributed by atoms with Crippen molar-refractivity contribution in [3.63, 3.8) is 0 Å². The van der Waals surface area contributed by atoms with Crippen LogP contribution in [0.2, 0.25) is 0 Å². The number of fused-ring (bicyclic) bond motifs is 1. The predicted octanol–water partition coefficient (Wildman–Crippen LogP) is 1.47. The number of hydrazine groups is 1. The van der Waals surface area contributed by atoms with E-state index in [4.69, 9.17) is 5.11 Å². The molecule has 2 atom stereocenters. The van der Waals surface area contributed by atoms with E-state index in [2.05, 4.69) is 29.1 Å². The molecule has 1 aliphatic carbocycles. The van der Waals surface area contributed by atoms with Crippen LogP contribution in [0.15, 0.2) is 18.2 Å². The predicted molar refractivity (Wildman–Crippen MR) is 67.6 cm³/mol. The molecule has 3 nitrogen and oxygen atoms in total. The molecule has 1 saturated heterocycles. The van der Waals surface area contributed by atoms with Gasteiger partial charge in [-0.25, -0.2) is 5.43 Å². The highest BCUT2D eigenvalue weighted by molar-refractivity contribution is 5.35. The standard InChI is InChI=1S/C14H20N2O/c17-9-13-8-14(16-15-13)12-6-5-10-3-1-2-4-11(10)7-12/h5-7,13-17H,1-4,8-9H2. The summed E-state index contributed by atoms with van der Waals surface area (Å²) in [5.74, 6) is 0. The molecule has 1 aromatic rings. The smallest absolute Gasteiger partial charge is 0.0598 e. The lowest BCUT2D eigenvalue weighted by atomic mass is 9.88. The molecule has 0 amide bonds. The fourth-order valence-electron chi connectivity index (χ4n) is 2.93. The fourth-order valence-corrected chi connectivity index (χ4v) is 2.93. The molecule has 0 radical (unpaired) electrons. The van der Waals surface area contributed by atoms with Crippen molar-refractivity contribution in [3.8, 4) is 0 Å². The Bertz CT molecular complexity index is 405. The SMILES string of the molecule is OCC1CC(c2ccc3c(c2)CCCC3)NN1. The average Bonchev–Trinajstić information content (AvgIpc) is 2.87. The summed E-state index contributed by atoms with van der Waals surface area (Å²) in [6, 6.07) is 7.42. The second-order valence-electron chi connectivity index (χ2n) is 5.19. The average molecular weight is 232 g/mol. The maximum atomic E-state index is 9.12. The van der Waals surface area contributed by atoms with Crippen LogP contribution in [0.4, 0.5) is 0 Å². The minimum atomic E-state index is 0.191. The summed E-state index contributed by atoms with van der Waals surface area (Å²) in [4.78, 5) is 0. The lowest BCUT2D eigenvalue weighted by molar-refractivity contribution is 0.251. The van der Waals surface area contributed by atoms with E-state index in [1.54, 1.807) is 0 Å². The molecule has 0 aromatic heterocycles. The first-order valence-electron chi connectivity index (χ1n) is 6.60. The number of aryl methyl sites for hydroxylation is 2. The van der Waals surface area contributed by atoms with Gasteiger partial charge in [-0.15, -0.1) is 0 Å². The Kier molecular flexibility index (Phi) is 3.14. The number of hydrogen-bond donors (Lipinski definition) is 3. The van der Waals surface area contributed by atoms with Crippen LogP contribution in [0.5, 0.6) is 0 Å². The van der Waals surface area contributed by atoms with E-state index in [1.165, 1.54) is 42.4 Å². The van der Waals surface area contributed by atoms with Crippen LogP contribution < -0.4 is 10.9 Å². The fraction of sp³-hybridized carbons (Fsp3) is 0.571. The molecular weight excluding hydrogens is 212 g/mol. The zero-order valence-electron chi connectivity index (χ0n) is 10.1. The molecule has 1 fully saturated rings. The zero-order valence-corrected chi connectivity index (χ0v) is 10.1. The van der Waals surface area contributed by atoms with Crippen LogP contribution in [0.25, 0.3) is 0 Å². The van der Waals surface area contributed by atoms with Gasteiger partial charge in [0.25, 0.3) is 0 Å². The van der Waals surface area contributed by atoms with Crippen molar-refractivity contribution in [2.75, 3.05) is 6.61 Å². The maximum absolute atomic E-state index is 9.12. The summed E-state index contributed by atoms with van der Waals surface area (Å²) in [6.07, 6.45) is 6.10. The van der Waals surface area contributed by atoms with Crippen LogP contribution >= 0.6 is 0 Å². The molecule has 0 bridgehead atoms. The van der Waals surface area contributed by atoms with Crippen LogP contribution in [0, 0.1) is 0 Å². The second-order valence-corrected chi connectivity index (χ2v) is 5.19. The third-order valence-corrected chi connectivity index (χ3v) is 3.98. The van der Waals surface area contributed by atoms with Gasteiger partial charge in [0.05, 0.1) is 6.61 Å². The van der Waals surface area contributed by atoms with E-state index in [9.17, 15) is 0 Å². The summed E-state index contributed by atoms with van der Waals surface area (Å²) in [7, 11) is 0. The van der Waals surface area contributed by atoms with E-state index >= 15 is 0 Å². The summed E-state index contributed by atoms with van der Waals surface area (Å²) in [5, 5.41) is 9.12. The summed E-state index contributed by atoms with van der Waals surface area (Å²) < 4.78 is 0. The van der Waals surface area contributed by atoms with Crippen LogP contribution in [0.3, 0.4) is 0 Å². The molecule has 0 spiro atoms. The Morgan fingerprint density at radius 1 is 1.12 bits per heavy atom. The zero-order chi connectivity index (χ0) is 11.7. The molecule has 1 aromatic carbocycles. The van der Waals surface area contributed by atoms with Crippen molar-refractivity contribution in [2.24, 2.45) is 0 Å². The van der Waals surface area contributed by atoms with Crippen molar-refractivity contribution in [3.05, 3.63) is 34.9 Å². The molecule has 1 aliphatic heterocycles. The first-order valence-corrected chi connectivity index (χ1v) is 6.60. The van der Waals surface area contributed by atoms with Crippen molar-refractivity contribution in [2.45, 2.75) is 44.2 Å². The van der Waals surface area contributed by atoms with Gasteiger partial charge in [0, 0.05) is 12.1 Å². The topological polar surface area (TPSA) is 44.3 Å². The van der Waals surface area contributed by atoms with E-state index in [0.29, 0.717) is 6.04 Å². The van der Waals surface area contributed by atoms with Crippen molar-refractivity contribution < 1.29 is 5.11 Å². The van der Waals surface area contributed by atoms with E-state index in [-0.39, 0.29) is 12.6 Å². The van der Waals surface area contributed by atoms with Crippen molar-refractivity contribution in [1.29, 1.82) is 0 Å². The molecule has 2 unspecified atom stereocenters. The number of rotatable bonds is 2. The molecule has 3 rings (SSSR count). The summed E-state index contributed by atoms with van der Waals surface area (Å²) >= 11 is 0. The van der Waals surface area contributed by atoms with Gasteiger partial charge in [-0.1, -0.05) is 18.2 Å². The lowest BCUT2D eigenvalue weighted by Crippen LogP contribution is -2.32. The van der Waals surface area contributed by atoms with E-state index in [1.807, 2.05) is 0 Å². The highest BCUT2D eigenvalue weighted by atomic mass is 16.3. The molecule has 17 heavy (non-hydrogen) atoms. The summed E-state index contributed by atoms with van der Waals surface area (Å²) in [6.45, 7) is 0.203. The number of aliphatic hydroxyl groups is 1. The maximum Gasteiger partial charge on any atom is 0.0598 e. The molecule has 92 valence electrons. The number of benzene rings is 1. The third-order valence-electron chi connectivity index (χ3n) is 3.98. The molecule has 3 heteroatoms. The Balaban J connectivity index is 1.79. The first-order chi connectivity index (χ1) is 8.36. The van der Waals surface area contributed by atoms with Gasteiger partial charge in [-0.05, 0) is 48.8 Å². The van der Waals surface area contributed by atoms with Gasteiger partial charge in [0.2, 0.25) is 0 Å². The quantitative estimate of drug-likeness (QED) is 0.723. The van der Waals surface area contributed by atoms with Gasteiger partial charge in [-0.2, -0.15) is 0 Å². The highest BCUT2D eigenvalue weighted by Crippen LogP contribution is 2.27. The Hall–Kier alpha value is -0.900. The van der Waals surface area contributed by atoms with Crippen molar-refractivity contribution in [1.82, 2.24) is 10.9 Å². The van der Waals surface area contributed by atoms with Gasteiger partial charge >= 0.3 is 0 Å². The second kappa shape index (κ2) is 4.77. The molecule has 3 N–H and O–H groups in total. The Morgan fingerprint density at radius 3 is 2.71 bits per heavy atom. The van der Waals surface area contributed by atoms with Gasteiger partial charge < -0.3 is 5.11 Å². The lowest BCUT2D eigenvalue weighted by Gasteiger charge is -2.18. The minimum absolute atomic E-state index is 0.191. The third kappa shape index (κ3) is 2.23. The normalized spacial score (nSPS) is 28.1. The molecule has 0 saturated carbocycles. The number of nitrogens with one attached hydrogen (secondary N) is 2. The Morgan fingerprint density at radius 2 is 1.94 bits per heavy atom. The Labute approximate surface area is 102 Å². The van der Waals surface area contributed by atoms with Gasteiger partial charge in [0.1, 0.15) is 0 Å². The van der Waals surface area contributed by atoms with E-state index in [0.717, 1.165) is 6.42 Å². The largest absolute Gasteiger partial charge is 0.395 e. The first kappa shape index (κ1) is 11.2. The molecule has 2 aliphatic rings. The van der Waals surface area contributed by atoms with Crippen molar-refractivity contribution >= 4 is 0 Å². The van der Waals surface area contributed by atoms with Gasteiger partial charge in [-0.3, -0.25) is 5.43 Å². The highest BCUT2D eigenvalue weighted by Gasteiger charge is 2.24. The van der Waals surface area contributed by atoms with Crippen LogP contribution in [-0.2, 0) is 12.8 Å². The molecular formula is C14H20N2O. The van der Waals surface area contributed by atoms with Crippen LogP contribution in [0.1, 0.15) is 42.0 Å². The van der Waals surface area contributed by atoms with E-state index < -0.39 is 0 Å². The van der Waals surface area contributed by atoms with Crippen LogP contribution in [-0.4, -0.2) is 17.8 Å². The summed E-state index contributed by atoms with van der Waals surface area (Å²) in [5.41, 5.74) is 10.8.